The van der Waals surface area contributed by atoms with Gasteiger partial charge in [0.1, 0.15) is 17.1 Å². The molecule has 0 saturated carbocycles. The van der Waals surface area contributed by atoms with Gasteiger partial charge in [0, 0.05) is 19.2 Å². The molecule has 0 saturated heterocycles. The smallest absolute Gasteiger partial charge is 0.290 e. The molecule has 31 heavy (non-hydrogen) atoms. The van der Waals surface area contributed by atoms with E-state index in [4.69, 9.17) is 9.15 Å². The summed E-state index contributed by atoms with van der Waals surface area (Å²) in [6, 6.07) is 10.2. The molecule has 0 N–H and O–H groups in total. The van der Waals surface area contributed by atoms with Crippen LogP contribution in [0.15, 0.2) is 51.7 Å². The second-order valence-corrected chi connectivity index (χ2v) is 7.52. The van der Waals surface area contributed by atoms with Gasteiger partial charge in [0.2, 0.25) is 5.76 Å². The standard InChI is InChI=1S/C24H25FN2O4/c1-4-26(5-2)11-12-27-21(15-7-6-8-16(25)13-15)20-22(28)18-10-9-17(30-3)14-19(18)31-23(20)24(27)29/h6-10,13-14,21H,4-5,11-12H2,1-3H3/t21-/m0/s1. The van der Waals surface area contributed by atoms with E-state index in [1.165, 1.54) is 19.2 Å². The number of rotatable bonds is 7. The number of ether oxygens (including phenoxy) is 1. The Kier molecular flexibility index (Phi) is 5.78. The minimum Gasteiger partial charge on any atom is -0.497 e. The summed E-state index contributed by atoms with van der Waals surface area (Å²) in [5.74, 6) is -0.240. The molecule has 0 unspecified atom stereocenters. The number of hydrogen-bond acceptors (Lipinski definition) is 5. The molecule has 0 bridgehead atoms. The van der Waals surface area contributed by atoms with Crippen LogP contribution in [-0.2, 0) is 0 Å². The van der Waals surface area contributed by atoms with Crippen LogP contribution >= 0.6 is 0 Å². The molecule has 4 rings (SSSR count). The molecule has 2 aromatic carbocycles. The number of methoxy groups -OCH3 is 1. The van der Waals surface area contributed by atoms with E-state index in [1.54, 1.807) is 35.2 Å². The SMILES string of the molecule is CCN(CC)CCN1C(=O)c2oc3cc(OC)ccc3c(=O)c2[C@@H]1c1cccc(F)c1. The molecule has 0 fully saturated rings. The zero-order valence-corrected chi connectivity index (χ0v) is 17.9. The van der Waals surface area contributed by atoms with Gasteiger partial charge in [0.05, 0.1) is 24.1 Å². The van der Waals surface area contributed by atoms with Gasteiger partial charge in [-0.3, -0.25) is 9.59 Å². The van der Waals surface area contributed by atoms with Gasteiger partial charge >= 0.3 is 0 Å². The summed E-state index contributed by atoms with van der Waals surface area (Å²) < 4.78 is 25.2. The van der Waals surface area contributed by atoms with Crippen LogP contribution in [0, 0.1) is 5.82 Å². The maximum Gasteiger partial charge on any atom is 0.290 e. The number of benzene rings is 2. The molecule has 1 aromatic heterocycles. The molecule has 162 valence electrons. The second kappa shape index (κ2) is 8.51. The third-order valence-electron chi connectivity index (χ3n) is 5.89. The number of carbonyl (C=O) groups is 1. The van der Waals surface area contributed by atoms with Crippen molar-refractivity contribution in [1.29, 1.82) is 0 Å². The number of halogens is 1. The molecule has 1 amide bonds. The van der Waals surface area contributed by atoms with Crippen molar-refractivity contribution in [1.82, 2.24) is 9.80 Å². The van der Waals surface area contributed by atoms with Crippen LogP contribution in [0.2, 0.25) is 0 Å². The molecule has 0 aliphatic carbocycles. The van der Waals surface area contributed by atoms with Gasteiger partial charge in [-0.15, -0.1) is 0 Å². The number of likely N-dealkylation sites (N-methyl/N-ethyl adjacent to an activating group) is 1. The van der Waals surface area contributed by atoms with E-state index < -0.39 is 11.9 Å². The lowest BCUT2D eigenvalue weighted by atomic mass is 9.98. The van der Waals surface area contributed by atoms with E-state index in [2.05, 4.69) is 18.7 Å². The molecule has 6 nitrogen and oxygen atoms in total. The van der Waals surface area contributed by atoms with Crippen LogP contribution in [0.1, 0.15) is 41.6 Å². The topological polar surface area (TPSA) is 63.0 Å². The molecule has 7 heteroatoms. The Bertz CT molecular complexity index is 1190. The van der Waals surface area contributed by atoms with Crippen molar-refractivity contribution in [3.63, 3.8) is 0 Å². The molecule has 0 radical (unpaired) electrons. The predicted octanol–water partition coefficient (Wildman–Crippen LogP) is 3.83. The summed E-state index contributed by atoms with van der Waals surface area (Å²) >= 11 is 0. The number of fused-ring (bicyclic) bond motifs is 2. The highest BCUT2D eigenvalue weighted by atomic mass is 19.1. The van der Waals surface area contributed by atoms with Gasteiger partial charge in [-0.25, -0.2) is 4.39 Å². The van der Waals surface area contributed by atoms with E-state index in [0.29, 0.717) is 35.4 Å². The van der Waals surface area contributed by atoms with Crippen LogP contribution in [-0.4, -0.2) is 49.0 Å². The first-order valence-corrected chi connectivity index (χ1v) is 10.4. The Morgan fingerprint density at radius 3 is 2.58 bits per heavy atom. The van der Waals surface area contributed by atoms with Crippen LogP contribution in [0.5, 0.6) is 5.75 Å². The molecule has 1 atom stereocenters. The molecular formula is C24H25FN2O4. The zero-order chi connectivity index (χ0) is 22.1. The summed E-state index contributed by atoms with van der Waals surface area (Å²) in [5.41, 5.74) is 0.812. The normalized spacial score (nSPS) is 15.7. The first kappa shape index (κ1) is 21.1. The van der Waals surface area contributed by atoms with Gasteiger partial charge in [0.25, 0.3) is 5.91 Å². The van der Waals surface area contributed by atoms with Gasteiger partial charge < -0.3 is 19.0 Å². The van der Waals surface area contributed by atoms with Crippen LogP contribution in [0.3, 0.4) is 0 Å². The predicted molar refractivity (Wildman–Crippen MR) is 116 cm³/mol. The van der Waals surface area contributed by atoms with Crippen molar-refractivity contribution in [2.45, 2.75) is 19.9 Å². The fraction of sp³-hybridized carbons (Fsp3) is 0.333. The first-order chi connectivity index (χ1) is 15.0. The molecule has 3 aromatic rings. The Hall–Kier alpha value is -3.19. The van der Waals surface area contributed by atoms with E-state index in [-0.39, 0.29) is 22.7 Å². The average molecular weight is 424 g/mol. The highest BCUT2D eigenvalue weighted by Gasteiger charge is 2.42. The molecule has 0 spiro atoms. The van der Waals surface area contributed by atoms with Crippen molar-refractivity contribution >= 4 is 16.9 Å². The zero-order valence-electron chi connectivity index (χ0n) is 17.9. The lowest BCUT2D eigenvalue weighted by Gasteiger charge is -2.28. The number of amides is 1. The maximum absolute atomic E-state index is 14.1. The highest BCUT2D eigenvalue weighted by Crippen LogP contribution is 2.38. The highest BCUT2D eigenvalue weighted by molar-refractivity contribution is 5.99. The van der Waals surface area contributed by atoms with Crippen molar-refractivity contribution < 1.29 is 18.3 Å². The van der Waals surface area contributed by atoms with E-state index in [1.807, 2.05) is 0 Å². The monoisotopic (exact) mass is 424 g/mol. The summed E-state index contributed by atoms with van der Waals surface area (Å²) in [6.45, 7) is 6.83. The van der Waals surface area contributed by atoms with Crippen LogP contribution < -0.4 is 10.2 Å². The first-order valence-electron chi connectivity index (χ1n) is 10.4. The van der Waals surface area contributed by atoms with E-state index in [9.17, 15) is 14.0 Å². The molecular weight excluding hydrogens is 399 g/mol. The summed E-state index contributed by atoms with van der Waals surface area (Å²) in [5, 5.41) is 0.361. The molecule has 1 aliphatic rings. The van der Waals surface area contributed by atoms with Gasteiger partial charge in [-0.2, -0.15) is 0 Å². The maximum atomic E-state index is 14.1. The Morgan fingerprint density at radius 2 is 1.90 bits per heavy atom. The van der Waals surface area contributed by atoms with Crippen LogP contribution in [0.4, 0.5) is 4.39 Å². The fourth-order valence-corrected chi connectivity index (χ4v) is 4.17. The van der Waals surface area contributed by atoms with Crippen molar-refractivity contribution in [3.8, 4) is 5.75 Å². The fourth-order valence-electron chi connectivity index (χ4n) is 4.17. The lowest BCUT2D eigenvalue weighted by molar-refractivity contribution is 0.0708. The Balaban J connectivity index is 1.88. The summed E-state index contributed by atoms with van der Waals surface area (Å²) in [7, 11) is 1.52. The number of carbonyl (C=O) groups excluding carboxylic acids is 1. The minimum atomic E-state index is -0.698. The summed E-state index contributed by atoms with van der Waals surface area (Å²) in [4.78, 5) is 30.6. The largest absolute Gasteiger partial charge is 0.497 e. The van der Waals surface area contributed by atoms with E-state index >= 15 is 0 Å². The lowest BCUT2D eigenvalue weighted by Crippen LogP contribution is -2.37. The third kappa shape index (κ3) is 3.70. The Morgan fingerprint density at radius 1 is 1.13 bits per heavy atom. The quantitative estimate of drug-likeness (QED) is 0.577. The number of hydrogen-bond donors (Lipinski definition) is 0. The number of nitrogens with zero attached hydrogens (tertiary/aromatic N) is 2. The van der Waals surface area contributed by atoms with Crippen LogP contribution in [0.25, 0.3) is 11.0 Å². The Labute approximate surface area is 179 Å². The molecule has 1 aliphatic heterocycles. The molecule has 2 heterocycles. The summed E-state index contributed by atoms with van der Waals surface area (Å²) in [6.07, 6.45) is 0. The average Bonchev–Trinajstić information content (AvgIpc) is 3.06. The van der Waals surface area contributed by atoms with Crippen molar-refractivity contribution in [3.05, 3.63) is 75.4 Å². The van der Waals surface area contributed by atoms with Gasteiger partial charge in [-0.05, 0) is 42.9 Å². The second-order valence-electron chi connectivity index (χ2n) is 7.52. The van der Waals surface area contributed by atoms with Crippen molar-refractivity contribution in [2.24, 2.45) is 0 Å². The van der Waals surface area contributed by atoms with Crippen molar-refractivity contribution in [2.75, 3.05) is 33.3 Å². The third-order valence-corrected chi connectivity index (χ3v) is 5.89. The van der Waals surface area contributed by atoms with Gasteiger partial charge in [-0.1, -0.05) is 26.0 Å². The van der Waals surface area contributed by atoms with Gasteiger partial charge in [0.15, 0.2) is 5.43 Å². The van der Waals surface area contributed by atoms with E-state index in [0.717, 1.165) is 13.1 Å². The minimum absolute atomic E-state index is 0.0135.